The van der Waals surface area contributed by atoms with Crippen LogP contribution in [0.2, 0.25) is 0 Å². The molecule has 0 aliphatic rings. The molecule has 0 saturated carbocycles. The van der Waals surface area contributed by atoms with Gasteiger partial charge in [0.25, 0.3) is 0 Å². The van der Waals surface area contributed by atoms with Crippen LogP contribution >= 0.6 is 15.9 Å². The summed E-state index contributed by atoms with van der Waals surface area (Å²) in [6.45, 7) is 4.46. The fraction of sp³-hybridized carbons (Fsp3) is 0.316. The van der Waals surface area contributed by atoms with Crippen molar-refractivity contribution in [2.45, 2.75) is 19.8 Å². The summed E-state index contributed by atoms with van der Waals surface area (Å²) in [6.07, 6.45) is 1.61. The van der Waals surface area contributed by atoms with E-state index >= 15 is 0 Å². The van der Waals surface area contributed by atoms with Gasteiger partial charge in [-0.1, -0.05) is 26.0 Å². The van der Waals surface area contributed by atoms with Gasteiger partial charge in [0.1, 0.15) is 5.82 Å². The molecule has 0 fully saturated rings. The maximum Gasteiger partial charge on any atom is 0.239 e. The molecule has 2 rings (SSSR count). The number of halogens is 1. The van der Waals surface area contributed by atoms with Gasteiger partial charge in [0, 0.05) is 16.4 Å². The number of hydrogen-bond acceptors (Lipinski definition) is 4. The van der Waals surface area contributed by atoms with Gasteiger partial charge in [0.2, 0.25) is 11.8 Å². The Kier molecular flexibility index (Phi) is 7.29. The first-order valence-electron chi connectivity index (χ1n) is 8.33. The topological polar surface area (TPSA) is 74.3 Å². The van der Waals surface area contributed by atoms with E-state index in [-0.39, 0.29) is 24.9 Å². The number of hydrogen-bond donors (Lipinski definition) is 2. The van der Waals surface area contributed by atoms with Crippen LogP contribution in [0.25, 0.3) is 0 Å². The van der Waals surface area contributed by atoms with Gasteiger partial charge in [-0.15, -0.1) is 0 Å². The third kappa shape index (κ3) is 6.57. The highest BCUT2D eigenvalue weighted by molar-refractivity contribution is 9.10. The lowest BCUT2D eigenvalue weighted by molar-refractivity contribution is -0.119. The van der Waals surface area contributed by atoms with E-state index in [1.54, 1.807) is 30.3 Å². The molecule has 1 heterocycles. The number of aromatic nitrogens is 1. The van der Waals surface area contributed by atoms with Crippen LogP contribution in [0, 0.1) is 0 Å². The van der Waals surface area contributed by atoms with Crippen molar-refractivity contribution in [1.82, 2.24) is 9.88 Å². The number of benzene rings is 1. The molecule has 2 N–H and O–H groups in total. The molecule has 1 aromatic carbocycles. The zero-order valence-corrected chi connectivity index (χ0v) is 16.7. The van der Waals surface area contributed by atoms with Crippen LogP contribution < -0.4 is 10.6 Å². The summed E-state index contributed by atoms with van der Waals surface area (Å²) in [6, 6.07) is 11.3. The molecule has 0 bridgehead atoms. The summed E-state index contributed by atoms with van der Waals surface area (Å²) < 4.78 is 0.839. The van der Waals surface area contributed by atoms with Crippen molar-refractivity contribution in [3.05, 3.63) is 52.6 Å². The monoisotopic (exact) mass is 418 g/mol. The van der Waals surface area contributed by atoms with Crippen molar-refractivity contribution in [3.8, 4) is 0 Å². The van der Waals surface area contributed by atoms with Crippen LogP contribution in [0.3, 0.4) is 0 Å². The number of nitrogens with zero attached hydrogens (tertiary/aromatic N) is 2. The van der Waals surface area contributed by atoms with Crippen LogP contribution in [0.1, 0.15) is 25.3 Å². The van der Waals surface area contributed by atoms with E-state index in [0.29, 0.717) is 11.7 Å². The number of amides is 2. The quantitative estimate of drug-likeness (QED) is 0.721. The number of anilines is 2. The normalized spacial score (nSPS) is 10.8. The molecule has 138 valence electrons. The van der Waals surface area contributed by atoms with Crippen molar-refractivity contribution in [2.75, 3.05) is 30.8 Å². The first kappa shape index (κ1) is 20.1. The van der Waals surface area contributed by atoms with Crippen molar-refractivity contribution in [3.63, 3.8) is 0 Å². The Labute approximate surface area is 162 Å². The molecule has 0 spiro atoms. The Morgan fingerprint density at radius 2 is 1.65 bits per heavy atom. The number of likely N-dealkylation sites (N-methyl/N-ethyl adjacent to an activating group) is 1. The Balaban J connectivity index is 1.78. The minimum absolute atomic E-state index is 0.0947. The van der Waals surface area contributed by atoms with Crippen LogP contribution in [-0.2, 0) is 9.59 Å². The van der Waals surface area contributed by atoms with Gasteiger partial charge < -0.3 is 10.6 Å². The van der Waals surface area contributed by atoms with Crippen molar-refractivity contribution < 1.29 is 9.59 Å². The van der Waals surface area contributed by atoms with Crippen molar-refractivity contribution in [1.29, 1.82) is 0 Å². The molecule has 0 aliphatic carbocycles. The van der Waals surface area contributed by atoms with Gasteiger partial charge in [-0.2, -0.15) is 0 Å². The summed E-state index contributed by atoms with van der Waals surface area (Å²) in [5, 5.41) is 5.53. The lowest BCUT2D eigenvalue weighted by Crippen LogP contribution is -2.36. The average Bonchev–Trinajstić information content (AvgIpc) is 2.57. The number of carbonyl (C=O) groups excluding carboxylic acids is 2. The minimum atomic E-state index is -0.226. The van der Waals surface area contributed by atoms with E-state index in [0.717, 1.165) is 10.2 Å². The van der Waals surface area contributed by atoms with Gasteiger partial charge in [0.05, 0.1) is 13.1 Å². The molecule has 0 radical (unpaired) electrons. The zero-order chi connectivity index (χ0) is 19.1. The zero-order valence-electron chi connectivity index (χ0n) is 15.1. The van der Waals surface area contributed by atoms with E-state index < -0.39 is 0 Å². The summed E-state index contributed by atoms with van der Waals surface area (Å²) in [5.74, 6) is 0.529. The van der Waals surface area contributed by atoms with E-state index in [1.807, 2.05) is 24.3 Å². The average molecular weight is 419 g/mol. The van der Waals surface area contributed by atoms with E-state index in [9.17, 15) is 9.59 Å². The number of carbonyl (C=O) groups is 2. The minimum Gasteiger partial charge on any atom is -0.325 e. The van der Waals surface area contributed by atoms with Crippen LogP contribution in [0.5, 0.6) is 0 Å². The second kappa shape index (κ2) is 9.45. The summed E-state index contributed by atoms with van der Waals surface area (Å²) >= 11 is 3.29. The van der Waals surface area contributed by atoms with Gasteiger partial charge >= 0.3 is 0 Å². The molecule has 0 unspecified atom stereocenters. The van der Waals surface area contributed by atoms with E-state index in [4.69, 9.17) is 0 Å². The summed E-state index contributed by atoms with van der Waals surface area (Å²) in [4.78, 5) is 29.9. The Morgan fingerprint density at radius 3 is 2.19 bits per heavy atom. The molecular weight excluding hydrogens is 396 g/mol. The molecule has 7 heteroatoms. The molecule has 2 aromatic rings. The Bertz CT molecular complexity index is 745. The fourth-order valence-corrected chi connectivity index (χ4v) is 2.56. The highest BCUT2D eigenvalue weighted by atomic mass is 79.9. The third-order valence-corrected chi connectivity index (χ3v) is 4.15. The van der Waals surface area contributed by atoms with E-state index in [2.05, 4.69) is 45.4 Å². The molecule has 6 nitrogen and oxygen atoms in total. The van der Waals surface area contributed by atoms with Crippen molar-refractivity contribution in [2.24, 2.45) is 0 Å². The maximum absolute atomic E-state index is 12.1. The largest absolute Gasteiger partial charge is 0.325 e. The van der Waals surface area contributed by atoms with Gasteiger partial charge in [-0.3, -0.25) is 14.5 Å². The SMILES string of the molecule is CC(C)c1ccc(NC(=O)CN(C)CC(=O)Nc2ccc(Br)cn2)cc1. The first-order chi connectivity index (χ1) is 12.3. The number of nitrogens with one attached hydrogen (secondary N) is 2. The van der Waals surface area contributed by atoms with E-state index in [1.165, 1.54) is 5.56 Å². The standard InChI is InChI=1S/C19H23BrN4O2/c1-13(2)14-4-7-16(8-5-14)22-18(25)11-24(3)12-19(26)23-17-9-6-15(20)10-21-17/h4-10,13H,11-12H2,1-3H3,(H,22,25)(H,21,23,26). The smallest absolute Gasteiger partial charge is 0.239 e. The van der Waals surface area contributed by atoms with Gasteiger partial charge in [-0.05, 0) is 58.7 Å². The van der Waals surface area contributed by atoms with Crippen molar-refractivity contribution >= 4 is 39.2 Å². The molecule has 0 atom stereocenters. The molecule has 1 aromatic heterocycles. The first-order valence-corrected chi connectivity index (χ1v) is 9.12. The lowest BCUT2D eigenvalue weighted by atomic mass is 10.0. The Hall–Kier alpha value is -2.25. The predicted molar refractivity (Wildman–Crippen MR) is 107 cm³/mol. The van der Waals surface area contributed by atoms with Crippen LogP contribution in [0.4, 0.5) is 11.5 Å². The Morgan fingerprint density at radius 1 is 1.04 bits per heavy atom. The predicted octanol–water partition coefficient (Wildman–Crippen LogP) is 3.48. The van der Waals surface area contributed by atoms with Gasteiger partial charge in [-0.25, -0.2) is 4.98 Å². The lowest BCUT2D eigenvalue weighted by Gasteiger charge is -2.16. The second-order valence-electron chi connectivity index (χ2n) is 6.41. The third-order valence-electron chi connectivity index (χ3n) is 3.68. The fourth-order valence-electron chi connectivity index (χ4n) is 2.33. The van der Waals surface area contributed by atoms with Gasteiger partial charge in [0.15, 0.2) is 0 Å². The molecular formula is C19H23BrN4O2. The maximum atomic E-state index is 12.1. The van der Waals surface area contributed by atoms with Crippen LogP contribution in [-0.4, -0.2) is 41.8 Å². The summed E-state index contributed by atoms with van der Waals surface area (Å²) in [7, 11) is 1.72. The highest BCUT2D eigenvalue weighted by Crippen LogP contribution is 2.17. The number of pyridine rings is 1. The molecule has 2 amide bonds. The molecule has 0 aliphatic heterocycles. The molecule has 0 saturated heterocycles. The second-order valence-corrected chi connectivity index (χ2v) is 7.32. The summed E-state index contributed by atoms with van der Waals surface area (Å²) in [5.41, 5.74) is 1.97. The molecule has 26 heavy (non-hydrogen) atoms. The number of rotatable bonds is 7. The highest BCUT2D eigenvalue weighted by Gasteiger charge is 2.12. The van der Waals surface area contributed by atoms with Crippen LogP contribution in [0.15, 0.2) is 47.1 Å².